The maximum atomic E-state index is 12.4. The van der Waals surface area contributed by atoms with Gasteiger partial charge >= 0.3 is 5.97 Å². The van der Waals surface area contributed by atoms with Gasteiger partial charge in [0, 0.05) is 5.56 Å². The van der Waals surface area contributed by atoms with Crippen molar-refractivity contribution in [2.24, 2.45) is 0 Å². The largest absolute Gasteiger partial charge is 0.462 e. The number of hydrogen-bond acceptors (Lipinski definition) is 4. The van der Waals surface area contributed by atoms with Gasteiger partial charge in [-0.2, -0.15) is 5.26 Å². The highest BCUT2D eigenvalue weighted by Gasteiger charge is 2.31. The number of fused-ring (bicyclic) bond motifs is 3. The maximum Gasteiger partial charge on any atom is 0.338 e. The van der Waals surface area contributed by atoms with Crippen LogP contribution in [0.3, 0.4) is 0 Å². The van der Waals surface area contributed by atoms with Crippen LogP contribution in [-0.4, -0.2) is 12.6 Å². The van der Waals surface area contributed by atoms with Gasteiger partial charge in [0.05, 0.1) is 23.4 Å². The third-order valence-corrected chi connectivity index (χ3v) is 4.15. The summed E-state index contributed by atoms with van der Waals surface area (Å²) < 4.78 is 5.18. The van der Waals surface area contributed by atoms with Crippen LogP contribution in [0.15, 0.2) is 24.3 Å². The lowest BCUT2D eigenvalue weighted by Crippen LogP contribution is -2.13. The molecule has 0 amide bonds. The zero-order chi connectivity index (χ0) is 15.9. The van der Waals surface area contributed by atoms with E-state index in [-0.39, 0.29) is 5.97 Å². The molecule has 110 valence electrons. The smallest absolute Gasteiger partial charge is 0.338 e. The third-order valence-electron chi connectivity index (χ3n) is 4.15. The average molecular weight is 292 g/mol. The average Bonchev–Trinajstić information content (AvgIpc) is 2.87. The summed E-state index contributed by atoms with van der Waals surface area (Å²) in [6.45, 7) is 3.85. The molecule has 0 spiro atoms. The van der Waals surface area contributed by atoms with E-state index < -0.39 is 0 Å². The van der Waals surface area contributed by atoms with Gasteiger partial charge in [-0.3, -0.25) is 0 Å². The third kappa shape index (κ3) is 1.86. The van der Waals surface area contributed by atoms with Gasteiger partial charge in [0.25, 0.3) is 0 Å². The number of benzene rings is 2. The van der Waals surface area contributed by atoms with Crippen LogP contribution in [0.2, 0.25) is 0 Å². The summed E-state index contributed by atoms with van der Waals surface area (Å²) in [4.78, 5) is 12.4. The molecule has 2 N–H and O–H groups in total. The van der Waals surface area contributed by atoms with Gasteiger partial charge in [0.2, 0.25) is 0 Å². The number of nitrogens with zero attached hydrogens (tertiary/aromatic N) is 1. The van der Waals surface area contributed by atoms with Crippen molar-refractivity contribution in [2.75, 3.05) is 12.3 Å². The van der Waals surface area contributed by atoms with Crippen LogP contribution in [0.25, 0.3) is 11.1 Å². The van der Waals surface area contributed by atoms with E-state index in [2.05, 4.69) is 6.07 Å². The van der Waals surface area contributed by atoms with Gasteiger partial charge in [0.1, 0.15) is 6.07 Å². The molecular formula is C18H16N2O2. The van der Waals surface area contributed by atoms with E-state index in [0.29, 0.717) is 35.4 Å². The summed E-state index contributed by atoms with van der Waals surface area (Å²) in [5, 5.41) is 9.52. The number of rotatable bonds is 2. The van der Waals surface area contributed by atoms with E-state index in [1.54, 1.807) is 13.8 Å². The Hall–Kier alpha value is -2.80. The van der Waals surface area contributed by atoms with E-state index in [9.17, 15) is 10.1 Å². The highest BCUT2D eigenvalue weighted by atomic mass is 16.5. The summed E-state index contributed by atoms with van der Waals surface area (Å²) >= 11 is 0. The van der Waals surface area contributed by atoms with Crippen molar-refractivity contribution >= 4 is 11.7 Å². The molecule has 1 aliphatic rings. The van der Waals surface area contributed by atoms with Crippen LogP contribution in [0.1, 0.15) is 39.5 Å². The summed E-state index contributed by atoms with van der Waals surface area (Å²) in [5.41, 5.74) is 11.8. The first-order valence-corrected chi connectivity index (χ1v) is 7.20. The van der Waals surface area contributed by atoms with Crippen molar-refractivity contribution in [1.82, 2.24) is 0 Å². The highest BCUT2D eigenvalue weighted by Crippen LogP contribution is 2.44. The Bertz CT molecular complexity index is 832. The van der Waals surface area contributed by atoms with Crippen LogP contribution >= 0.6 is 0 Å². The molecule has 1 aliphatic carbocycles. The molecule has 4 heteroatoms. The van der Waals surface area contributed by atoms with E-state index in [1.807, 2.05) is 24.3 Å². The fourth-order valence-corrected chi connectivity index (χ4v) is 3.14. The van der Waals surface area contributed by atoms with E-state index in [1.165, 1.54) is 0 Å². The Labute approximate surface area is 129 Å². The fourth-order valence-electron chi connectivity index (χ4n) is 3.14. The summed E-state index contributed by atoms with van der Waals surface area (Å²) in [7, 11) is 0. The summed E-state index contributed by atoms with van der Waals surface area (Å²) in [6.07, 6.45) is 0.620. The number of nitrogens with two attached hydrogens (primary N) is 1. The number of esters is 1. The Balaban J connectivity index is 2.36. The van der Waals surface area contributed by atoms with E-state index in [4.69, 9.17) is 10.5 Å². The Morgan fingerprint density at radius 2 is 2.14 bits per heavy atom. The number of ether oxygens (including phenoxy) is 1. The standard InChI is InChI=1S/C18H16N2O2/c1-3-22-18(21)15-10(2)17(20)14(9-19)16-12-7-5-4-6-11(12)8-13(15)16/h4-7H,3,8,20H2,1-2H3. The number of carbonyl (C=O) groups is 1. The molecule has 0 unspecified atom stereocenters. The Morgan fingerprint density at radius 3 is 2.82 bits per heavy atom. The number of nitrogen functional groups attached to an aromatic ring is 1. The molecule has 2 aromatic carbocycles. The minimum Gasteiger partial charge on any atom is -0.462 e. The SMILES string of the molecule is CCOC(=O)c1c(C)c(N)c(C#N)c2c1Cc1ccccc1-2. The van der Waals surface area contributed by atoms with E-state index >= 15 is 0 Å². The number of hydrogen-bond donors (Lipinski definition) is 1. The molecule has 0 atom stereocenters. The predicted molar refractivity (Wildman–Crippen MR) is 84.5 cm³/mol. The van der Waals surface area contributed by atoms with Crippen LogP contribution in [0, 0.1) is 18.3 Å². The second kappa shape index (κ2) is 5.19. The number of nitriles is 1. The molecule has 2 aromatic rings. The van der Waals surface area contributed by atoms with Crippen molar-refractivity contribution in [3.63, 3.8) is 0 Å². The monoisotopic (exact) mass is 292 g/mol. The van der Waals surface area contributed by atoms with Crippen LogP contribution in [0.5, 0.6) is 0 Å². The zero-order valence-corrected chi connectivity index (χ0v) is 12.6. The maximum absolute atomic E-state index is 12.4. The predicted octanol–water partition coefficient (Wildman–Crippen LogP) is 3.20. The molecule has 22 heavy (non-hydrogen) atoms. The van der Waals surface area contributed by atoms with Crippen molar-refractivity contribution in [3.05, 3.63) is 52.1 Å². The van der Waals surface area contributed by atoms with Crippen LogP contribution < -0.4 is 5.73 Å². The normalized spacial score (nSPS) is 11.5. The Kier molecular flexibility index (Phi) is 3.34. The molecular weight excluding hydrogens is 276 g/mol. The van der Waals surface area contributed by atoms with Crippen LogP contribution in [-0.2, 0) is 11.2 Å². The van der Waals surface area contributed by atoms with Gasteiger partial charge in [-0.25, -0.2) is 4.79 Å². The topological polar surface area (TPSA) is 76.1 Å². The van der Waals surface area contributed by atoms with Crippen molar-refractivity contribution < 1.29 is 9.53 Å². The second-order valence-corrected chi connectivity index (χ2v) is 5.31. The van der Waals surface area contributed by atoms with Gasteiger partial charge in [-0.05, 0) is 42.5 Å². The first kappa shape index (κ1) is 14.2. The van der Waals surface area contributed by atoms with Gasteiger partial charge in [-0.15, -0.1) is 0 Å². The van der Waals surface area contributed by atoms with Crippen molar-refractivity contribution in [1.29, 1.82) is 5.26 Å². The van der Waals surface area contributed by atoms with Gasteiger partial charge < -0.3 is 10.5 Å². The first-order valence-electron chi connectivity index (χ1n) is 7.20. The lowest BCUT2D eigenvalue weighted by molar-refractivity contribution is 0.0524. The molecule has 4 nitrogen and oxygen atoms in total. The molecule has 3 rings (SSSR count). The summed E-state index contributed by atoms with van der Waals surface area (Å²) in [6, 6.07) is 10.1. The molecule has 0 aromatic heterocycles. The fraction of sp³-hybridized carbons (Fsp3) is 0.222. The van der Waals surface area contributed by atoms with Crippen LogP contribution in [0.4, 0.5) is 5.69 Å². The molecule has 0 saturated heterocycles. The van der Waals surface area contributed by atoms with E-state index in [0.717, 1.165) is 22.3 Å². The molecule has 0 aliphatic heterocycles. The molecule has 0 fully saturated rings. The second-order valence-electron chi connectivity index (χ2n) is 5.31. The van der Waals surface area contributed by atoms with Gasteiger partial charge in [0.15, 0.2) is 0 Å². The first-order chi connectivity index (χ1) is 10.6. The molecule has 0 radical (unpaired) electrons. The Morgan fingerprint density at radius 1 is 1.41 bits per heavy atom. The molecule has 0 heterocycles. The van der Waals surface area contributed by atoms with Crippen molar-refractivity contribution in [2.45, 2.75) is 20.3 Å². The lowest BCUT2D eigenvalue weighted by Gasteiger charge is -2.16. The molecule has 0 bridgehead atoms. The quantitative estimate of drug-likeness (QED) is 0.581. The molecule has 0 saturated carbocycles. The minimum atomic E-state index is -0.375. The highest BCUT2D eigenvalue weighted by molar-refractivity contribution is 6.01. The number of anilines is 1. The number of carbonyl (C=O) groups excluding carboxylic acids is 1. The lowest BCUT2D eigenvalue weighted by atomic mass is 9.90. The van der Waals surface area contributed by atoms with Gasteiger partial charge in [-0.1, -0.05) is 24.3 Å². The summed E-state index contributed by atoms with van der Waals surface area (Å²) in [5.74, 6) is -0.375. The zero-order valence-electron chi connectivity index (χ0n) is 12.6. The minimum absolute atomic E-state index is 0.305. The van der Waals surface area contributed by atoms with Crippen molar-refractivity contribution in [3.8, 4) is 17.2 Å².